The monoisotopic (exact) mass is 487 g/mol. The van der Waals surface area contributed by atoms with Crippen LogP contribution in [-0.2, 0) is 23.7 Å². The van der Waals surface area contributed by atoms with Crippen LogP contribution in [0.15, 0.2) is 0 Å². The fraction of sp³-hybridized carbons (Fsp3) is 0.944. The summed E-state index contributed by atoms with van der Waals surface area (Å²) in [5, 5.41) is 72.2. The average Bonchev–Trinajstić information content (AvgIpc) is 2.78. The molecule has 0 aromatic rings. The molecule has 13 nitrogen and oxygen atoms in total. The van der Waals surface area contributed by atoms with Crippen molar-refractivity contribution in [2.45, 2.75) is 74.3 Å². The molecule has 2 fully saturated rings. The lowest BCUT2D eigenvalue weighted by atomic mass is 9.97. The Balaban J connectivity index is 1.90. The van der Waals surface area contributed by atoms with Gasteiger partial charge in [0.15, 0.2) is 12.6 Å². The Morgan fingerprint density at radius 2 is 1.50 bits per heavy atom. The highest BCUT2D eigenvalue weighted by molar-refractivity contribution is 7.80. The molecule has 10 atom stereocenters. The van der Waals surface area contributed by atoms with Gasteiger partial charge in [-0.15, -0.1) is 0 Å². The molecule has 14 heteroatoms. The third-order valence-corrected chi connectivity index (χ3v) is 5.45. The molecule has 0 bridgehead atoms. The fourth-order valence-corrected chi connectivity index (χ4v) is 3.59. The number of carbonyl (C=O) groups excluding carboxylic acids is 1. The molecule has 2 aliphatic heterocycles. The summed E-state index contributed by atoms with van der Waals surface area (Å²) in [6.07, 6.45) is -14.3. The molecule has 1 amide bonds. The van der Waals surface area contributed by atoms with Gasteiger partial charge in [-0.1, -0.05) is 0 Å². The van der Waals surface area contributed by atoms with Crippen LogP contribution in [0, 0.1) is 0 Å². The SMILES string of the molecule is O=C(CCS)NCCCO[C@@H]1O[C@H](CO)[C@@H](O[C@@H]2O[C@H](CO)[C@H](O)[C@H](O)[C@H]2O)[C@H](O)[C@H]1O. The number of thiol groups is 1. The van der Waals surface area contributed by atoms with Crippen LogP contribution in [0.5, 0.6) is 0 Å². The smallest absolute Gasteiger partial charge is 0.220 e. The maximum Gasteiger partial charge on any atom is 0.220 e. The Morgan fingerprint density at radius 1 is 0.875 bits per heavy atom. The quantitative estimate of drug-likeness (QED) is 0.0997. The molecule has 0 spiro atoms. The highest BCUT2D eigenvalue weighted by Crippen LogP contribution is 2.29. The number of hydrogen-bond donors (Lipinski definition) is 9. The van der Waals surface area contributed by atoms with Crippen molar-refractivity contribution in [3.63, 3.8) is 0 Å². The van der Waals surface area contributed by atoms with Crippen LogP contribution < -0.4 is 5.32 Å². The molecule has 2 rings (SSSR count). The first kappa shape index (κ1) is 27.6. The van der Waals surface area contributed by atoms with E-state index in [9.17, 15) is 40.5 Å². The van der Waals surface area contributed by atoms with Crippen LogP contribution in [0.4, 0.5) is 0 Å². The third kappa shape index (κ3) is 6.94. The van der Waals surface area contributed by atoms with Gasteiger partial charge in [-0.3, -0.25) is 4.79 Å². The summed E-state index contributed by atoms with van der Waals surface area (Å²) >= 11 is 3.96. The summed E-state index contributed by atoms with van der Waals surface area (Å²) in [4.78, 5) is 11.4. The maximum atomic E-state index is 11.4. The van der Waals surface area contributed by atoms with Gasteiger partial charge >= 0.3 is 0 Å². The van der Waals surface area contributed by atoms with E-state index in [0.717, 1.165) is 0 Å². The predicted molar refractivity (Wildman–Crippen MR) is 108 cm³/mol. The van der Waals surface area contributed by atoms with Gasteiger partial charge < -0.3 is 60.0 Å². The number of hydrogen-bond acceptors (Lipinski definition) is 13. The predicted octanol–water partition coefficient (Wildman–Crippen LogP) is -4.55. The van der Waals surface area contributed by atoms with E-state index in [1.807, 2.05) is 0 Å². The largest absolute Gasteiger partial charge is 0.394 e. The van der Waals surface area contributed by atoms with Crippen LogP contribution >= 0.6 is 12.6 Å². The van der Waals surface area contributed by atoms with Gasteiger partial charge in [0.05, 0.1) is 19.8 Å². The summed E-state index contributed by atoms with van der Waals surface area (Å²) in [7, 11) is 0. The summed E-state index contributed by atoms with van der Waals surface area (Å²) in [5.74, 6) is 0.273. The van der Waals surface area contributed by atoms with Crippen molar-refractivity contribution < 1.29 is 59.5 Å². The van der Waals surface area contributed by atoms with Crippen molar-refractivity contribution in [1.82, 2.24) is 5.32 Å². The molecule has 32 heavy (non-hydrogen) atoms. The second-order valence-corrected chi connectivity index (χ2v) is 8.00. The van der Waals surface area contributed by atoms with Crippen molar-refractivity contribution >= 4 is 18.5 Å². The molecular weight excluding hydrogens is 454 g/mol. The zero-order valence-electron chi connectivity index (χ0n) is 17.3. The number of amides is 1. The van der Waals surface area contributed by atoms with Crippen molar-refractivity contribution in [3.8, 4) is 0 Å². The minimum absolute atomic E-state index is 0.0754. The molecule has 0 aromatic carbocycles. The van der Waals surface area contributed by atoms with Crippen LogP contribution in [0.3, 0.4) is 0 Å². The third-order valence-electron chi connectivity index (χ3n) is 5.22. The lowest BCUT2D eigenvalue weighted by Crippen LogP contribution is -2.64. The highest BCUT2D eigenvalue weighted by atomic mass is 32.1. The zero-order valence-corrected chi connectivity index (χ0v) is 18.2. The lowest BCUT2D eigenvalue weighted by Gasteiger charge is -2.45. The maximum absolute atomic E-state index is 11.4. The number of aliphatic hydroxyl groups excluding tert-OH is 7. The van der Waals surface area contributed by atoms with Crippen molar-refractivity contribution in [1.29, 1.82) is 0 Å². The first-order valence-electron chi connectivity index (χ1n) is 10.3. The van der Waals surface area contributed by atoms with Crippen LogP contribution in [0.2, 0.25) is 0 Å². The Hall–Kier alpha value is -0.620. The first-order chi connectivity index (χ1) is 15.2. The summed E-state index contributed by atoms with van der Waals surface area (Å²) in [5.41, 5.74) is 0. The molecule has 0 aromatic heterocycles. The van der Waals surface area contributed by atoms with Gasteiger partial charge in [-0.2, -0.15) is 12.6 Å². The van der Waals surface area contributed by atoms with Crippen molar-refractivity contribution in [2.75, 3.05) is 32.1 Å². The summed E-state index contributed by atoms with van der Waals surface area (Å²) in [6.45, 7) is -0.923. The lowest BCUT2D eigenvalue weighted by molar-refractivity contribution is -0.359. The fourth-order valence-electron chi connectivity index (χ4n) is 3.38. The van der Waals surface area contributed by atoms with Gasteiger partial charge in [0.25, 0.3) is 0 Å². The molecule has 0 unspecified atom stereocenters. The van der Waals surface area contributed by atoms with E-state index in [1.54, 1.807) is 0 Å². The molecule has 0 saturated carbocycles. The summed E-state index contributed by atoms with van der Waals surface area (Å²) in [6, 6.07) is 0. The Labute approximate surface area is 190 Å². The van der Waals surface area contributed by atoms with Crippen molar-refractivity contribution in [2.24, 2.45) is 0 Å². The van der Waals surface area contributed by atoms with Crippen LogP contribution in [0.1, 0.15) is 12.8 Å². The van der Waals surface area contributed by atoms with Crippen LogP contribution in [-0.4, -0.2) is 135 Å². The molecule has 0 aliphatic carbocycles. The average molecular weight is 488 g/mol. The van der Waals surface area contributed by atoms with Gasteiger partial charge in [0.2, 0.25) is 5.91 Å². The van der Waals surface area contributed by atoms with E-state index < -0.39 is 74.6 Å². The molecule has 2 aliphatic rings. The van der Waals surface area contributed by atoms with E-state index in [4.69, 9.17) is 18.9 Å². The molecule has 2 heterocycles. The molecule has 0 radical (unpaired) electrons. The van der Waals surface area contributed by atoms with Gasteiger partial charge in [-0.05, 0) is 12.2 Å². The minimum Gasteiger partial charge on any atom is -0.394 e. The zero-order chi connectivity index (χ0) is 23.8. The highest BCUT2D eigenvalue weighted by Gasteiger charge is 2.50. The van der Waals surface area contributed by atoms with Crippen LogP contribution in [0.25, 0.3) is 0 Å². The number of aliphatic hydroxyl groups is 7. The van der Waals surface area contributed by atoms with Crippen molar-refractivity contribution in [3.05, 3.63) is 0 Å². The first-order valence-corrected chi connectivity index (χ1v) is 11.0. The van der Waals surface area contributed by atoms with Gasteiger partial charge in [0.1, 0.15) is 48.8 Å². The topological polar surface area (TPSA) is 208 Å². The number of carbonyl (C=O) groups is 1. The van der Waals surface area contributed by atoms with E-state index in [-0.39, 0.29) is 18.9 Å². The van der Waals surface area contributed by atoms with E-state index in [1.165, 1.54) is 0 Å². The molecule has 2 saturated heterocycles. The Morgan fingerprint density at radius 3 is 2.12 bits per heavy atom. The summed E-state index contributed by atoms with van der Waals surface area (Å²) < 4.78 is 21.6. The minimum atomic E-state index is -1.73. The second kappa shape index (κ2) is 13.3. The number of rotatable bonds is 11. The van der Waals surface area contributed by atoms with Gasteiger partial charge in [0, 0.05) is 13.0 Å². The number of nitrogens with one attached hydrogen (secondary N) is 1. The molecule has 8 N–H and O–H groups in total. The standard InChI is InChI=1S/C18H33NO12S/c20-6-8-11(23)12(24)14(26)18(29-8)31-16-9(7-21)30-17(15(27)13(16)25)28-4-1-3-19-10(22)2-5-32/h8-9,11-18,20-21,23-27,32H,1-7H2,(H,19,22)/t8-,9-,11+,12+,13-,14-,15-,16-,17-,18+/m1/s1. The molecular formula is C18H33NO12S. The van der Waals surface area contributed by atoms with E-state index >= 15 is 0 Å². The van der Waals surface area contributed by atoms with E-state index in [2.05, 4.69) is 17.9 Å². The Kier molecular flexibility index (Phi) is 11.5. The normalized spacial score (nSPS) is 40.2. The van der Waals surface area contributed by atoms with E-state index in [0.29, 0.717) is 18.7 Å². The van der Waals surface area contributed by atoms with Gasteiger partial charge in [-0.25, -0.2) is 0 Å². The number of ether oxygens (including phenoxy) is 4. The second-order valence-electron chi connectivity index (χ2n) is 7.55. The molecule has 188 valence electrons. The Bertz CT molecular complexity index is 570.